The molecule has 154 valence electrons. The maximum atomic E-state index is 13.0. The summed E-state index contributed by atoms with van der Waals surface area (Å²) in [6.07, 6.45) is 0. The third kappa shape index (κ3) is 4.20. The summed E-state index contributed by atoms with van der Waals surface area (Å²) in [6, 6.07) is 8.35. The van der Waals surface area contributed by atoms with Crippen molar-refractivity contribution in [1.82, 2.24) is 0 Å². The summed E-state index contributed by atoms with van der Waals surface area (Å²) in [5.41, 5.74) is 1.35. The van der Waals surface area contributed by atoms with Crippen LogP contribution in [-0.4, -0.2) is 39.3 Å². The number of esters is 1. The highest BCUT2D eigenvalue weighted by atomic mass is 32.2. The average Bonchev–Trinajstić information content (AvgIpc) is 2.95. The van der Waals surface area contributed by atoms with Gasteiger partial charge in [-0.05, 0) is 31.9 Å². The molecule has 0 saturated heterocycles. The minimum atomic E-state index is -3.70. The molecule has 1 N–H and O–H groups in total. The number of thiophene rings is 1. The van der Waals surface area contributed by atoms with Gasteiger partial charge in [0.1, 0.15) is 16.5 Å². The highest BCUT2D eigenvalue weighted by Crippen LogP contribution is 2.35. The van der Waals surface area contributed by atoms with Gasteiger partial charge in [-0.2, -0.15) is 0 Å². The lowest BCUT2D eigenvalue weighted by atomic mass is 10.1. The lowest BCUT2D eigenvalue weighted by molar-refractivity contribution is -0.115. The zero-order chi connectivity index (χ0) is 21.2. The number of carbonyl (C=O) groups is 2. The van der Waals surface area contributed by atoms with E-state index in [0.29, 0.717) is 16.1 Å². The van der Waals surface area contributed by atoms with E-state index in [1.54, 1.807) is 44.2 Å². The molecule has 9 heteroatoms. The highest BCUT2D eigenvalue weighted by Gasteiger charge is 2.34. The SMILES string of the molecule is CCOC(=O)c1c(NC(=O)C2=C(c3ccccc3)S(=O)(=O)CCO2)sc(C)c1C. The molecule has 1 aromatic heterocycles. The van der Waals surface area contributed by atoms with Gasteiger partial charge in [-0.3, -0.25) is 4.79 Å². The number of rotatable bonds is 5. The van der Waals surface area contributed by atoms with E-state index in [1.807, 2.05) is 6.92 Å². The molecule has 1 aliphatic rings. The van der Waals surface area contributed by atoms with Gasteiger partial charge in [0.05, 0.1) is 17.9 Å². The van der Waals surface area contributed by atoms with Crippen LogP contribution < -0.4 is 5.32 Å². The first-order valence-corrected chi connectivity index (χ1v) is 11.5. The van der Waals surface area contributed by atoms with E-state index in [1.165, 1.54) is 11.3 Å². The van der Waals surface area contributed by atoms with Gasteiger partial charge in [-0.1, -0.05) is 30.3 Å². The molecule has 0 saturated carbocycles. The number of anilines is 1. The Kier molecular flexibility index (Phi) is 6.09. The van der Waals surface area contributed by atoms with Crippen LogP contribution in [0.5, 0.6) is 0 Å². The predicted octanol–water partition coefficient (Wildman–Crippen LogP) is 3.29. The molecule has 3 rings (SSSR count). The first-order valence-electron chi connectivity index (χ1n) is 9.00. The van der Waals surface area contributed by atoms with Crippen molar-refractivity contribution in [2.24, 2.45) is 0 Å². The Bertz CT molecular complexity index is 1080. The summed E-state index contributed by atoms with van der Waals surface area (Å²) < 4.78 is 35.9. The van der Waals surface area contributed by atoms with E-state index < -0.39 is 21.7 Å². The first kappa shape index (κ1) is 21.1. The van der Waals surface area contributed by atoms with Gasteiger partial charge in [0.2, 0.25) is 5.76 Å². The van der Waals surface area contributed by atoms with Gasteiger partial charge < -0.3 is 14.8 Å². The molecule has 1 amide bonds. The van der Waals surface area contributed by atoms with Crippen LogP contribution in [0.25, 0.3) is 4.91 Å². The van der Waals surface area contributed by atoms with Crippen molar-refractivity contribution in [3.8, 4) is 0 Å². The van der Waals surface area contributed by atoms with Gasteiger partial charge in [-0.15, -0.1) is 11.3 Å². The fraction of sp³-hybridized carbons (Fsp3) is 0.300. The fourth-order valence-corrected chi connectivity index (χ4v) is 5.43. The van der Waals surface area contributed by atoms with Crippen molar-refractivity contribution < 1.29 is 27.5 Å². The fourth-order valence-electron chi connectivity index (χ4n) is 2.96. The second-order valence-corrected chi connectivity index (χ2v) is 9.62. The third-order valence-corrected chi connectivity index (χ3v) is 7.32. The van der Waals surface area contributed by atoms with Crippen LogP contribution in [-0.2, 0) is 24.1 Å². The molecule has 2 aromatic rings. The predicted molar refractivity (Wildman–Crippen MR) is 111 cm³/mol. The lowest BCUT2D eigenvalue weighted by Crippen LogP contribution is -2.28. The van der Waals surface area contributed by atoms with Crippen molar-refractivity contribution in [2.45, 2.75) is 20.8 Å². The molecule has 29 heavy (non-hydrogen) atoms. The molecule has 0 atom stereocenters. The molecule has 0 fully saturated rings. The number of aryl methyl sites for hydroxylation is 1. The Morgan fingerprint density at radius 1 is 1.21 bits per heavy atom. The van der Waals surface area contributed by atoms with Crippen LogP contribution in [0.2, 0.25) is 0 Å². The molecule has 2 heterocycles. The number of hydrogen-bond donors (Lipinski definition) is 1. The molecular weight excluding hydrogens is 414 g/mol. The largest absolute Gasteiger partial charge is 0.486 e. The molecule has 0 bridgehead atoms. The van der Waals surface area contributed by atoms with Crippen molar-refractivity contribution >= 4 is 43.0 Å². The van der Waals surface area contributed by atoms with Gasteiger partial charge in [0, 0.05) is 4.88 Å². The van der Waals surface area contributed by atoms with Crippen LogP contribution in [0.3, 0.4) is 0 Å². The topological polar surface area (TPSA) is 98.8 Å². The zero-order valence-electron chi connectivity index (χ0n) is 16.3. The number of sulfone groups is 1. The molecule has 1 aromatic carbocycles. The molecule has 0 radical (unpaired) electrons. The average molecular weight is 436 g/mol. The van der Waals surface area contributed by atoms with Crippen molar-refractivity contribution in [2.75, 3.05) is 24.3 Å². The standard InChI is InChI=1S/C20H21NO6S2/c1-4-26-20(23)15-12(2)13(3)28-19(15)21-18(22)16-17(14-8-6-5-7-9-14)29(24,25)11-10-27-16/h5-9H,4,10-11H2,1-3H3,(H,21,22). The zero-order valence-corrected chi connectivity index (χ0v) is 17.9. The number of benzene rings is 1. The van der Waals surface area contributed by atoms with E-state index in [0.717, 1.165) is 4.88 Å². The lowest BCUT2D eigenvalue weighted by Gasteiger charge is -2.21. The van der Waals surface area contributed by atoms with E-state index in [9.17, 15) is 18.0 Å². The first-order chi connectivity index (χ1) is 13.8. The number of carbonyl (C=O) groups excluding carboxylic acids is 2. The summed E-state index contributed by atoms with van der Waals surface area (Å²) >= 11 is 1.22. The monoisotopic (exact) mass is 435 g/mol. The summed E-state index contributed by atoms with van der Waals surface area (Å²) in [4.78, 5) is 26.0. The molecule has 7 nitrogen and oxygen atoms in total. The Labute approximate surface area is 173 Å². The summed E-state index contributed by atoms with van der Waals surface area (Å²) in [7, 11) is -3.70. The Morgan fingerprint density at radius 2 is 1.90 bits per heavy atom. The van der Waals surface area contributed by atoms with E-state index in [2.05, 4.69) is 5.32 Å². The molecule has 0 aliphatic carbocycles. The number of amides is 1. The van der Waals surface area contributed by atoms with E-state index in [4.69, 9.17) is 9.47 Å². The Hall–Kier alpha value is -2.65. The summed E-state index contributed by atoms with van der Waals surface area (Å²) in [5.74, 6) is -1.75. The van der Waals surface area contributed by atoms with Crippen LogP contribution in [0, 0.1) is 13.8 Å². The van der Waals surface area contributed by atoms with Crippen molar-refractivity contribution in [3.05, 3.63) is 57.7 Å². The van der Waals surface area contributed by atoms with Gasteiger partial charge in [0.15, 0.2) is 9.84 Å². The summed E-state index contributed by atoms with van der Waals surface area (Å²) in [5, 5.41) is 2.95. The van der Waals surface area contributed by atoms with E-state index >= 15 is 0 Å². The normalized spacial score (nSPS) is 15.6. The Balaban J connectivity index is 2.05. The van der Waals surface area contributed by atoms with E-state index in [-0.39, 0.29) is 35.2 Å². The minimum absolute atomic E-state index is 0.116. The second-order valence-electron chi connectivity index (χ2n) is 6.35. The Morgan fingerprint density at radius 3 is 2.55 bits per heavy atom. The van der Waals surface area contributed by atoms with Gasteiger partial charge in [0.25, 0.3) is 5.91 Å². The number of ether oxygens (including phenoxy) is 2. The van der Waals surface area contributed by atoms with Crippen LogP contribution in [0.4, 0.5) is 5.00 Å². The van der Waals surface area contributed by atoms with Crippen LogP contribution >= 0.6 is 11.3 Å². The second kappa shape index (κ2) is 8.38. The molecule has 0 spiro atoms. The maximum Gasteiger partial charge on any atom is 0.341 e. The number of nitrogens with one attached hydrogen (secondary N) is 1. The quantitative estimate of drug-likeness (QED) is 0.724. The molecular formula is C20H21NO6S2. The number of hydrogen-bond acceptors (Lipinski definition) is 7. The van der Waals surface area contributed by atoms with Gasteiger partial charge in [-0.25, -0.2) is 13.2 Å². The summed E-state index contributed by atoms with van der Waals surface area (Å²) in [6.45, 7) is 5.38. The highest BCUT2D eigenvalue weighted by molar-refractivity contribution is 8.00. The minimum Gasteiger partial charge on any atom is -0.486 e. The van der Waals surface area contributed by atoms with Crippen molar-refractivity contribution in [1.29, 1.82) is 0 Å². The van der Waals surface area contributed by atoms with Crippen LogP contribution in [0.1, 0.15) is 33.3 Å². The van der Waals surface area contributed by atoms with Gasteiger partial charge >= 0.3 is 5.97 Å². The maximum absolute atomic E-state index is 13.0. The van der Waals surface area contributed by atoms with Crippen LogP contribution in [0.15, 0.2) is 36.1 Å². The van der Waals surface area contributed by atoms with Crippen molar-refractivity contribution in [3.63, 3.8) is 0 Å². The molecule has 1 aliphatic heterocycles. The smallest absolute Gasteiger partial charge is 0.341 e. The molecule has 0 unspecified atom stereocenters. The third-order valence-electron chi connectivity index (χ3n) is 4.45.